The topological polar surface area (TPSA) is 46.3 Å². The third-order valence-electron chi connectivity index (χ3n) is 2.87. The zero-order valence-electron chi connectivity index (χ0n) is 10.1. The minimum Gasteiger partial charge on any atom is -0.399 e. The zero-order chi connectivity index (χ0) is 11.5. The molecular formula is C13H19ClN2O. The van der Waals surface area contributed by atoms with Crippen LogP contribution in [-0.2, 0) is 0 Å². The van der Waals surface area contributed by atoms with Crippen LogP contribution in [0.3, 0.4) is 0 Å². The second kappa shape index (κ2) is 5.92. The van der Waals surface area contributed by atoms with Gasteiger partial charge in [0.15, 0.2) is 0 Å². The highest BCUT2D eigenvalue weighted by molar-refractivity contribution is 5.94. The summed E-state index contributed by atoms with van der Waals surface area (Å²) < 4.78 is 0. The smallest absolute Gasteiger partial charge is 0.254 e. The molecule has 94 valence electrons. The third kappa shape index (κ3) is 3.37. The highest BCUT2D eigenvalue weighted by Gasteiger charge is 2.32. The highest BCUT2D eigenvalue weighted by atomic mass is 35.5. The lowest BCUT2D eigenvalue weighted by Gasteiger charge is -2.21. The van der Waals surface area contributed by atoms with E-state index in [4.69, 9.17) is 5.73 Å². The number of hydrogen-bond donors (Lipinski definition) is 1. The van der Waals surface area contributed by atoms with Gasteiger partial charge in [-0.2, -0.15) is 0 Å². The van der Waals surface area contributed by atoms with E-state index in [1.165, 1.54) is 0 Å². The Bertz CT molecular complexity index is 374. The van der Waals surface area contributed by atoms with Crippen LogP contribution in [0.2, 0.25) is 0 Å². The Kier molecular flexibility index (Phi) is 4.82. The Labute approximate surface area is 108 Å². The van der Waals surface area contributed by atoms with Crippen molar-refractivity contribution in [1.82, 2.24) is 4.90 Å². The normalized spacial score (nSPS) is 13.9. The molecule has 0 aromatic heterocycles. The molecule has 1 aliphatic rings. The standard InChI is InChI=1S/C13H18N2O.ClH/c1-2-9-15(12-7-8-12)13(16)10-3-5-11(14)6-4-10;/h3-6,12H,2,7-9,14H2,1H3;1H. The summed E-state index contributed by atoms with van der Waals surface area (Å²) in [7, 11) is 0. The van der Waals surface area contributed by atoms with Crippen LogP contribution in [0.15, 0.2) is 24.3 Å². The maximum atomic E-state index is 12.2. The maximum Gasteiger partial charge on any atom is 0.254 e. The van der Waals surface area contributed by atoms with Crippen molar-refractivity contribution in [3.63, 3.8) is 0 Å². The van der Waals surface area contributed by atoms with Crippen LogP contribution in [0.4, 0.5) is 5.69 Å². The monoisotopic (exact) mass is 254 g/mol. The van der Waals surface area contributed by atoms with Crippen molar-refractivity contribution in [2.45, 2.75) is 32.2 Å². The van der Waals surface area contributed by atoms with Gasteiger partial charge in [-0.25, -0.2) is 0 Å². The molecule has 17 heavy (non-hydrogen) atoms. The van der Waals surface area contributed by atoms with E-state index in [1.54, 1.807) is 12.1 Å². The number of halogens is 1. The lowest BCUT2D eigenvalue weighted by molar-refractivity contribution is 0.0743. The first-order valence-electron chi connectivity index (χ1n) is 5.89. The molecule has 1 saturated carbocycles. The van der Waals surface area contributed by atoms with Gasteiger partial charge in [-0.15, -0.1) is 12.4 Å². The van der Waals surface area contributed by atoms with E-state index in [9.17, 15) is 4.79 Å². The van der Waals surface area contributed by atoms with Gasteiger partial charge in [0.2, 0.25) is 0 Å². The highest BCUT2D eigenvalue weighted by Crippen LogP contribution is 2.28. The van der Waals surface area contributed by atoms with Crippen LogP contribution in [0.25, 0.3) is 0 Å². The average Bonchev–Trinajstić information content (AvgIpc) is 3.10. The van der Waals surface area contributed by atoms with Crippen LogP contribution in [0.5, 0.6) is 0 Å². The summed E-state index contributed by atoms with van der Waals surface area (Å²) in [5, 5.41) is 0. The predicted octanol–water partition coefficient (Wildman–Crippen LogP) is 2.71. The first kappa shape index (κ1) is 13.8. The number of amides is 1. The summed E-state index contributed by atoms with van der Waals surface area (Å²) in [5.74, 6) is 0.143. The molecule has 0 unspecified atom stereocenters. The van der Waals surface area contributed by atoms with Crippen molar-refractivity contribution in [2.75, 3.05) is 12.3 Å². The molecule has 0 bridgehead atoms. The Morgan fingerprint density at radius 1 is 1.35 bits per heavy atom. The minimum absolute atomic E-state index is 0. The van der Waals surface area contributed by atoms with Gasteiger partial charge in [0.25, 0.3) is 5.91 Å². The van der Waals surface area contributed by atoms with Gasteiger partial charge in [-0.05, 0) is 43.5 Å². The molecule has 1 amide bonds. The van der Waals surface area contributed by atoms with Crippen molar-refractivity contribution in [1.29, 1.82) is 0 Å². The van der Waals surface area contributed by atoms with Gasteiger partial charge in [-0.3, -0.25) is 4.79 Å². The summed E-state index contributed by atoms with van der Waals surface area (Å²) in [4.78, 5) is 14.2. The van der Waals surface area contributed by atoms with Gasteiger partial charge in [-0.1, -0.05) is 6.92 Å². The Morgan fingerprint density at radius 3 is 2.41 bits per heavy atom. The SMILES string of the molecule is CCCN(C(=O)c1ccc(N)cc1)C1CC1.Cl. The molecule has 3 nitrogen and oxygen atoms in total. The number of nitrogens with two attached hydrogens (primary N) is 1. The Morgan fingerprint density at radius 2 is 1.94 bits per heavy atom. The molecule has 4 heteroatoms. The van der Waals surface area contributed by atoms with Gasteiger partial charge in [0.05, 0.1) is 0 Å². The van der Waals surface area contributed by atoms with E-state index in [2.05, 4.69) is 6.92 Å². The van der Waals surface area contributed by atoms with Crippen LogP contribution < -0.4 is 5.73 Å². The fourth-order valence-corrected chi connectivity index (χ4v) is 1.87. The average molecular weight is 255 g/mol. The second-order valence-electron chi connectivity index (χ2n) is 4.35. The molecule has 1 aromatic rings. The summed E-state index contributed by atoms with van der Waals surface area (Å²) in [6.07, 6.45) is 3.32. The van der Waals surface area contributed by atoms with E-state index in [0.29, 0.717) is 11.7 Å². The molecule has 1 aromatic carbocycles. The van der Waals surface area contributed by atoms with Crippen molar-refractivity contribution >= 4 is 24.0 Å². The fourth-order valence-electron chi connectivity index (χ4n) is 1.87. The van der Waals surface area contributed by atoms with E-state index in [0.717, 1.165) is 31.4 Å². The number of hydrogen-bond acceptors (Lipinski definition) is 2. The van der Waals surface area contributed by atoms with E-state index in [1.807, 2.05) is 17.0 Å². The lowest BCUT2D eigenvalue weighted by atomic mass is 10.1. The van der Waals surface area contributed by atoms with E-state index < -0.39 is 0 Å². The van der Waals surface area contributed by atoms with Crippen LogP contribution >= 0.6 is 12.4 Å². The molecule has 0 heterocycles. The molecule has 0 atom stereocenters. The van der Waals surface area contributed by atoms with E-state index in [-0.39, 0.29) is 18.3 Å². The molecular weight excluding hydrogens is 236 g/mol. The molecule has 2 rings (SSSR count). The summed E-state index contributed by atoms with van der Waals surface area (Å²) in [6, 6.07) is 7.66. The molecule has 1 aliphatic carbocycles. The number of nitrogen functional groups attached to an aromatic ring is 1. The van der Waals surface area contributed by atoms with Gasteiger partial charge < -0.3 is 10.6 Å². The number of anilines is 1. The fraction of sp³-hybridized carbons (Fsp3) is 0.462. The van der Waals surface area contributed by atoms with Crippen LogP contribution in [0.1, 0.15) is 36.5 Å². The van der Waals surface area contributed by atoms with Crippen molar-refractivity contribution in [3.8, 4) is 0 Å². The van der Waals surface area contributed by atoms with Crippen molar-refractivity contribution in [3.05, 3.63) is 29.8 Å². The Balaban J connectivity index is 0.00000144. The largest absolute Gasteiger partial charge is 0.399 e. The molecule has 0 saturated heterocycles. The first-order chi connectivity index (χ1) is 7.72. The van der Waals surface area contributed by atoms with Crippen molar-refractivity contribution in [2.24, 2.45) is 0 Å². The number of carbonyl (C=O) groups is 1. The number of rotatable bonds is 4. The lowest BCUT2D eigenvalue weighted by Crippen LogP contribution is -2.33. The predicted molar refractivity (Wildman–Crippen MR) is 72.5 cm³/mol. The van der Waals surface area contributed by atoms with Gasteiger partial charge in [0.1, 0.15) is 0 Å². The quantitative estimate of drug-likeness (QED) is 0.840. The summed E-state index contributed by atoms with van der Waals surface area (Å²) in [6.45, 7) is 2.96. The van der Waals surface area contributed by atoms with Crippen LogP contribution in [-0.4, -0.2) is 23.4 Å². The first-order valence-corrected chi connectivity index (χ1v) is 5.89. The maximum absolute atomic E-state index is 12.2. The molecule has 0 spiro atoms. The van der Waals surface area contributed by atoms with E-state index >= 15 is 0 Å². The number of benzene rings is 1. The summed E-state index contributed by atoms with van der Waals surface area (Å²) in [5.41, 5.74) is 7.05. The molecule has 2 N–H and O–H groups in total. The third-order valence-corrected chi connectivity index (χ3v) is 2.87. The Hall–Kier alpha value is -1.22. The minimum atomic E-state index is 0. The van der Waals surface area contributed by atoms with Crippen LogP contribution in [0, 0.1) is 0 Å². The molecule has 0 radical (unpaired) electrons. The number of carbonyl (C=O) groups excluding carboxylic acids is 1. The van der Waals surface area contributed by atoms with Gasteiger partial charge >= 0.3 is 0 Å². The number of nitrogens with zero attached hydrogens (tertiary/aromatic N) is 1. The van der Waals surface area contributed by atoms with Crippen molar-refractivity contribution < 1.29 is 4.79 Å². The molecule has 1 fully saturated rings. The zero-order valence-corrected chi connectivity index (χ0v) is 10.9. The molecule has 0 aliphatic heterocycles. The van der Waals surface area contributed by atoms with Gasteiger partial charge in [0, 0.05) is 23.8 Å². The summed E-state index contributed by atoms with van der Waals surface area (Å²) >= 11 is 0. The second-order valence-corrected chi connectivity index (χ2v) is 4.35.